The van der Waals surface area contributed by atoms with Gasteiger partial charge in [-0.15, -0.1) is 11.8 Å². The molecule has 2 aliphatic heterocycles. The topological polar surface area (TPSA) is 46.6 Å². The van der Waals surface area contributed by atoms with Gasteiger partial charge in [-0.1, -0.05) is 29.8 Å². The zero-order chi connectivity index (χ0) is 16.7. The summed E-state index contributed by atoms with van der Waals surface area (Å²) in [6.07, 6.45) is -0.386. The molecule has 0 aromatic heterocycles. The molecule has 0 radical (unpaired) electrons. The highest BCUT2D eigenvalue weighted by molar-refractivity contribution is 7.99. The Morgan fingerprint density at radius 1 is 1.25 bits per heavy atom. The summed E-state index contributed by atoms with van der Waals surface area (Å²) in [6, 6.07) is 12.8. The fourth-order valence-electron chi connectivity index (χ4n) is 3.06. The second-order valence-corrected chi connectivity index (χ2v) is 7.28. The summed E-state index contributed by atoms with van der Waals surface area (Å²) in [5.74, 6) is 0.173. The summed E-state index contributed by atoms with van der Waals surface area (Å²) in [5.41, 5.74) is 2.18. The first kappa shape index (κ1) is 15.5. The van der Waals surface area contributed by atoms with Crippen molar-refractivity contribution in [3.63, 3.8) is 0 Å². The van der Waals surface area contributed by atoms with E-state index in [4.69, 9.17) is 16.3 Å². The van der Waals surface area contributed by atoms with Crippen molar-refractivity contribution in [3.8, 4) is 0 Å². The number of hydrogen-bond acceptors (Lipinski definition) is 4. The molecule has 0 saturated heterocycles. The molecule has 0 unspecified atom stereocenters. The van der Waals surface area contributed by atoms with E-state index < -0.39 is 12.1 Å². The van der Waals surface area contributed by atoms with Gasteiger partial charge in [0.1, 0.15) is 0 Å². The Morgan fingerprint density at radius 3 is 2.96 bits per heavy atom. The number of hydrogen-bond donors (Lipinski definition) is 0. The van der Waals surface area contributed by atoms with E-state index in [1.165, 1.54) is 0 Å². The van der Waals surface area contributed by atoms with E-state index in [0.29, 0.717) is 23.6 Å². The number of thioether (sulfide) groups is 1. The Bertz CT molecular complexity index is 839. The highest BCUT2D eigenvalue weighted by Crippen LogP contribution is 2.37. The van der Waals surface area contributed by atoms with Crippen molar-refractivity contribution < 1.29 is 14.3 Å². The fraction of sp³-hybridized carbons (Fsp3) is 0.222. The highest BCUT2D eigenvalue weighted by Gasteiger charge is 2.35. The van der Waals surface area contributed by atoms with Crippen LogP contribution in [0.2, 0.25) is 5.02 Å². The van der Waals surface area contributed by atoms with Crippen LogP contribution in [0.3, 0.4) is 0 Å². The number of carbonyl (C=O) groups excluding carboxylic acids is 2. The number of carbonyl (C=O) groups is 2. The quantitative estimate of drug-likeness (QED) is 0.730. The van der Waals surface area contributed by atoms with E-state index in [9.17, 15) is 9.59 Å². The molecule has 4 nitrogen and oxygen atoms in total. The molecule has 0 fully saturated rings. The van der Waals surface area contributed by atoms with Crippen LogP contribution in [0.25, 0.3) is 0 Å². The molecule has 1 atom stereocenters. The minimum absolute atomic E-state index is 0.193. The molecule has 0 saturated carbocycles. The zero-order valence-corrected chi connectivity index (χ0v) is 14.3. The average Bonchev–Trinajstić information content (AvgIpc) is 2.60. The SMILES string of the molecule is O=C1O[C@@H](C(=O)N2CCSc3ccc(Cl)cc32)Cc2ccccc21. The van der Waals surface area contributed by atoms with Crippen molar-refractivity contribution in [1.82, 2.24) is 0 Å². The van der Waals surface area contributed by atoms with Crippen LogP contribution in [0.15, 0.2) is 47.4 Å². The lowest BCUT2D eigenvalue weighted by molar-refractivity contribution is -0.127. The number of nitrogens with zero attached hydrogens (tertiary/aromatic N) is 1. The van der Waals surface area contributed by atoms with Crippen LogP contribution in [-0.4, -0.2) is 30.3 Å². The normalized spacial score (nSPS) is 19.3. The highest BCUT2D eigenvalue weighted by atomic mass is 35.5. The third kappa shape index (κ3) is 2.68. The zero-order valence-electron chi connectivity index (χ0n) is 12.7. The van der Waals surface area contributed by atoms with Crippen LogP contribution >= 0.6 is 23.4 Å². The van der Waals surface area contributed by atoms with Crippen molar-refractivity contribution in [2.75, 3.05) is 17.2 Å². The number of anilines is 1. The Hall–Kier alpha value is -1.98. The minimum atomic E-state index is -0.790. The van der Waals surface area contributed by atoms with Gasteiger partial charge in [0.2, 0.25) is 0 Å². The molecule has 0 aliphatic carbocycles. The third-order valence-corrected chi connectivity index (χ3v) is 5.50. The number of esters is 1. The lowest BCUT2D eigenvalue weighted by Crippen LogP contribution is -2.46. The van der Waals surface area contributed by atoms with Gasteiger partial charge >= 0.3 is 5.97 Å². The van der Waals surface area contributed by atoms with Crippen LogP contribution < -0.4 is 4.90 Å². The van der Waals surface area contributed by atoms with Crippen LogP contribution in [0, 0.1) is 0 Å². The molecule has 2 heterocycles. The second kappa shape index (κ2) is 6.15. The fourth-order valence-corrected chi connectivity index (χ4v) is 4.20. The van der Waals surface area contributed by atoms with Crippen LogP contribution in [-0.2, 0) is 16.0 Å². The maximum atomic E-state index is 13.0. The maximum Gasteiger partial charge on any atom is 0.339 e. The number of fused-ring (bicyclic) bond motifs is 2. The molecule has 1 amide bonds. The first-order valence-electron chi connectivity index (χ1n) is 7.66. The van der Waals surface area contributed by atoms with Gasteiger partial charge < -0.3 is 9.64 Å². The molecule has 2 aromatic rings. The van der Waals surface area contributed by atoms with Crippen LogP contribution in [0.1, 0.15) is 15.9 Å². The molecule has 2 aromatic carbocycles. The van der Waals surface area contributed by atoms with Crippen molar-refractivity contribution in [2.24, 2.45) is 0 Å². The summed E-state index contributed by atoms with van der Waals surface area (Å²) in [5, 5.41) is 0.583. The van der Waals surface area contributed by atoms with Crippen LogP contribution in [0.4, 0.5) is 5.69 Å². The molecule has 122 valence electrons. The van der Waals surface area contributed by atoms with Crippen molar-refractivity contribution in [1.29, 1.82) is 0 Å². The predicted molar refractivity (Wildman–Crippen MR) is 93.9 cm³/mol. The van der Waals surface area contributed by atoms with E-state index in [0.717, 1.165) is 21.9 Å². The van der Waals surface area contributed by atoms with Crippen molar-refractivity contribution in [2.45, 2.75) is 17.4 Å². The Balaban J connectivity index is 1.64. The lowest BCUT2D eigenvalue weighted by Gasteiger charge is -2.33. The maximum absolute atomic E-state index is 13.0. The first-order chi connectivity index (χ1) is 11.6. The number of ether oxygens (including phenoxy) is 1. The first-order valence-corrected chi connectivity index (χ1v) is 9.02. The molecule has 0 spiro atoms. The molecular weight excluding hydrogens is 346 g/mol. The number of halogens is 1. The van der Waals surface area contributed by atoms with Gasteiger partial charge in [0, 0.05) is 28.6 Å². The second-order valence-electron chi connectivity index (χ2n) is 5.71. The van der Waals surface area contributed by atoms with Gasteiger partial charge in [0.05, 0.1) is 11.3 Å². The Labute approximate surface area is 148 Å². The third-order valence-electron chi connectivity index (χ3n) is 4.22. The summed E-state index contributed by atoms with van der Waals surface area (Å²) in [7, 11) is 0. The van der Waals surface area contributed by atoms with Crippen LogP contribution in [0.5, 0.6) is 0 Å². The molecule has 24 heavy (non-hydrogen) atoms. The van der Waals surface area contributed by atoms with E-state index in [1.807, 2.05) is 24.3 Å². The number of benzene rings is 2. The van der Waals surface area contributed by atoms with Gasteiger partial charge in [0.15, 0.2) is 6.10 Å². The monoisotopic (exact) mass is 359 g/mol. The summed E-state index contributed by atoms with van der Waals surface area (Å²) in [4.78, 5) is 27.8. The smallest absolute Gasteiger partial charge is 0.339 e. The molecular formula is C18H14ClNO3S. The largest absolute Gasteiger partial charge is 0.448 e. The molecule has 0 N–H and O–H groups in total. The number of amides is 1. The Kier molecular flexibility index (Phi) is 3.98. The van der Waals surface area contributed by atoms with Gasteiger partial charge in [-0.2, -0.15) is 0 Å². The van der Waals surface area contributed by atoms with Crippen molar-refractivity contribution in [3.05, 3.63) is 58.6 Å². The number of cyclic esters (lactones) is 1. The summed E-state index contributed by atoms with van der Waals surface area (Å²) in [6.45, 7) is 0.576. The molecule has 4 rings (SSSR count). The minimum Gasteiger partial charge on any atom is -0.448 e. The number of rotatable bonds is 1. The van der Waals surface area contributed by atoms with E-state index >= 15 is 0 Å². The van der Waals surface area contributed by atoms with E-state index in [2.05, 4.69) is 0 Å². The predicted octanol–water partition coefficient (Wildman–Crippen LogP) is 3.56. The van der Waals surface area contributed by atoms with E-state index in [-0.39, 0.29) is 5.91 Å². The molecule has 0 bridgehead atoms. The summed E-state index contributed by atoms with van der Waals surface area (Å²) >= 11 is 7.78. The van der Waals surface area contributed by atoms with Gasteiger partial charge in [0.25, 0.3) is 5.91 Å². The van der Waals surface area contributed by atoms with Gasteiger partial charge in [-0.05, 0) is 29.8 Å². The average molecular weight is 360 g/mol. The van der Waals surface area contributed by atoms with Gasteiger partial charge in [-0.25, -0.2) is 4.79 Å². The lowest BCUT2D eigenvalue weighted by atomic mass is 9.98. The molecule has 6 heteroatoms. The molecule has 2 aliphatic rings. The van der Waals surface area contributed by atoms with E-state index in [1.54, 1.807) is 34.9 Å². The van der Waals surface area contributed by atoms with Gasteiger partial charge in [-0.3, -0.25) is 4.79 Å². The summed E-state index contributed by atoms with van der Waals surface area (Å²) < 4.78 is 5.40. The Morgan fingerprint density at radius 2 is 2.08 bits per heavy atom. The van der Waals surface area contributed by atoms with Crippen molar-refractivity contribution >= 4 is 40.9 Å². The standard InChI is InChI=1S/C18H14ClNO3S/c19-12-5-6-16-14(10-12)20(7-8-24-16)17(21)15-9-11-3-1-2-4-13(11)18(22)23-15/h1-6,10,15H,7-9H2/t15-/m1/s1.